The third kappa shape index (κ3) is 2.26. The Morgan fingerprint density at radius 1 is 1.05 bits per heavy atom. The number of nitrogens with one attached hydrogen (secondary N) is 1. The van der Waals surface area contributed by atoms with Gasteiger partial charge in [-0.25, -0.2) is 4.79 Å². The first kappa shape index (κ1) is 12.7. The molecule has 0 amide bonds. The molecule has 0 aliphatic rings. The maximum absolute atomic E-state index is 11.0. The Bertz CT molecular complexity index is 775. The highest BCUT2D eigenvalue weighted by atomic mass is 32.1. The van der Waals surface area contributed by atoms with Crippen molar-refractivity contribution in [2.24, 2.45) is 0 Å². The van der Waals surface area contributed by atoms with Gasteiger partial charge in [-0.15, -0.1) is 11.3 Å². The molecular formula is C16H13NO2S. The number of hydrogen-bond acceptors (Lipinski definition) is 3. The summed E-state index contributed by atoms with van der Waals surface area (Å²) in [6, 6.07) is 15.9. The summed E-state index contributed by atoms with van der Waals surface area (Å²) in [6.07, 6.45) is 0. The van der Waals surface area contributed by atoms with Gasteiger partial charge in [0.15, 0.2) is 0 Å². The quantitative estimate of drug-likeness (QED) is 0.753. The topological polar surface area (TPSA) is 49.3 Å². The van der Waals surface area contributed by atoms with Crippen LogP contribution in [-0.2, 0) is 0 Å². The molecule has 2 aromatic carbocycles. The van der Waals surface area contributed by atoms with Crippen LogP contribution in [0.3, 0.4) is 0 Å². The van der Waals surface area contributed by atoms with Gasteiger partial charge in [0, 0.05) is 17.4 Å². The van der Waals surface area contributed by atoms with Crippen molar-refractivity contribution in [2.45, 2.75) is 0 Å². The number of carboxylic acid groups (broad SMARTS) is 1. The van der Waals surface area contributed by atoms with E-state index in [0.717, 1.165) is 26.9 Å². The van der Waals surface area contributed by atoms with Gasteiger partial charge >= 0.3 is 5.97 Å². The van der Waals surface area contributed by atoms with Gasteiger partial charge in [0.25, 0.3) is 0 Å². The van der Waals surface area contributed by atoms with Crippen molar-refractivity contribution >= 4 is 33.1 Å². The Balaban J connectivity index is 2.04. The van der Waals surface area contributed by atoms with E-state index in [-0.39, 0.29) is 0 Å². The van der Waals surface area contributed by atoms with Crippen molar-refractivity contribution in [3.05, 3.63) is 53.4 Å². The Morgan fingerprint density at radius 2 is 1.75 bits per heavy atom. The number of hydrogen-bond donors (Lipinski definition) is 2. The Morgan fingerprint density at radius 3 is 2.40 bits per heavy atom. The van der Waals surface area contributed by atoms with Gasteiger partial charge in [-0.2, -0.15) is 0 Å². The minimum absolute atomic E-state index is 0.377. The average Bonchev–Trinajstić information content (AvgIpc) is 2.90. The molecule has 0 aliphatic carbocycles. The highest BCUT2D eigenvalue weighted by Gasteiger charge is 2.09. The van der Waals surface area contributed by atoms with Gasteiger partial charge in [0.2, 0.25) is 0 Å². The molecule has 3 rings (SSSR count). The molecule has 0 spiro atoms. The van der Waals surface area contributed by atoms with Crippen LogP contribution in [0, 0.1) is 0 Å². The largest absolute Gasteiger partial charge is 0.477 e. The predicted octanol–water partition coefficient (Wildman–Crippen LogP) is 4.31. The fourth-order valence-corrected chi connectivity index (χ4v) is 3.04. The SMILES string of the molecule is CNc1ccc(-c2ccc3sc(C(=O)O)cc3c2)cc1. The molecule has 100 valence electrons. The van der Waals surface area contributed by atoms with E-state index in [9.17, 15) is 4.79 Å². The second-order valence-electron chi connectivity index (χ2n) is 4.50. The van der Waals surface area contributed by atoms with Gasteiger partial charge in [0.05, 0.1) is 0 Å². The molecule has 4 heteroatoms. The Kier molecular flexibility index (Phi) is 3.16. The molecule has 0 saturated heterocycles. The highest BCUT2D eigenvalue weighted by molar-refractivity contribution is 7.20. The number of aromatic carboxylic acids is 1. The van der Waals surface area contributed by atoms with Gasteiger partial charge in [-0.3, -0.25) is 0 Å². The third-order valence-corrected chi connectivity index (χ3v) is 4.34. The van der Waals surface area contributed by atoms with Crippen LogP contribution < -0.4 is 5.32 Å². The van der Waals surface area contributed by atoms with Gasteiger partial charge in [-0.05, 0) is 46.8 Å². The van der Waals surface area contributed by atoms with Gasteiger partial charge in [-0.1, -0.05) is 18.2 Å². The van der Waals surface area contributed by atoms with E-state index >= 15 is 0 Å². The highest BCUT2D eigenvalue weighted by Crippen LogP contribution is 2.30. The maximum atomic E-state index is 11.0. The van der Waals surface area contributed by atoms with Crippen LogP contribution in [0.25, 0.3) is 21.2 Å². The molecule has 0 atom stereocenters. The minimum Gasteiger partial charge on any atom is -0.477 e. The number of thiophene rings is 1. The summed E-state index contributed by atoms with van der Waals surface area (Å²) in [5, 5.41) is 13.1. The lowest BCUT2D eigenvalue weighted by Gasteiger charge is -2.04. The van der Waals surface area contributed by atoms with E-state index < -0.39 is 5.97 Å². The molecule has 3 nitrogen and oxygen atoms in total. The monoisotopic (exact) mass is 283 g/mol. The number of fused-ring (bicyclic) bond motifs is 1. The summed E-state index contributed by atoms with van der Waals surface area (Å²) in [6.45, 7) is 0. The molecule has 20 heavy (non-hydrogen) atoms. The summed E-state index contributed by atoms with van der Waals surface area (Å²) in [5.41, 5.74) is 3.28. The van der Waals surface area contributed by atoms with Crippen molar-refractivity contribution < 1.29 is 9.90 Å². The third-order valence-electron chi connectivity index (χ3n) is 3.23. The number of carboxylic acids is 1. The van der Waals surface area contributed by atoms with Crippen LogP contribution in [0.5, 0.6) is 0 Å². The number of carbonyl (C=O) groups is 1. The minimum atomic E-state index is -0.869. The first-order valence-corrected chi connectivity index (χ1v) is 7.04. The van der Waals surface area contributed by atoms with Crippen LogP contribution in [0.2, 0.25) is 0 Å². The van der Waals surface area contributed by atoms with E-state index in [0.29, 0.717) is 4.88 Å². The number of rotatable bonds is 3. The van der Waals surface area contributed by atoms with Crippen LogP contribution in [0.15, 0.2) is 48.5 Å². The van der Waals surface area contributed by atoms with Crippen LogP contribution in [-0.4, -0.2) is 18.1 Å². The van der Waals surface area contributed by atoms with Gasteiger partial charge in [0.1, 0.15) is 4.88 Å². The first-order chi connectivity index (χ1) is 9.67. The zero-order valence-corrected chi connectivity index (χ0v) is 11.7. The average molecular weight is 283 g/mol. The molecule has 0 fully saturated rings. The van der Waals surface area contributed by atoms with Crippen molar-refractivity contribution in [3.63, 3.8) is 0 Å². The fraction of sp³-hybridized carbons (Fsp3) is 0.0625. The number of anilines is 1. The Hall–Kier alpha value is -2.33. The molecule has 3 aromatic rings. The van der Waals surface area contributed by atoms with E-state index in [1.807, 2.05) is 37.4 Å². The van der Waals surface area contributed by atoms with Crippen molar-refractivity contribution in [2.75, 3.05) is 12.4 Å². The number of benzene rings is 2. The van der Waals surface area contributed by atoms with Gasteiger partial charge < -0.3 is 10.4 Å². The van der Waals surface area contributed by atoms with E-state index in [2.05, 4.69) is 17.4 Å². The molecule has 1 aromatic heterocycles. The van der Waals surface area contributed by atoms with Crippen molar-refractivity contribution in [3.8, 4) is 11.1 Å². The second-order valence-corrected chi connectivity index (χ2v) is 5.58. The van der Waals surface area contributed by atoms with Crippen LogP contribution in [0.1, 0.15) is 9.67 Å². The molecule has 0 aliphatic heterocycles. The Labute approximate surface area is 120 Å². The zero-order chi connectivity index (χ0) is 14.1. The lowest BCUT2D eigenvalue weighted by Crippen LogP contribution is -1.89. The summed E-state index contributed by atoms with van der Waals surface area (Å²) >= 11 is 1.31. The smallest absolute Gasteiger partial charge is 0.345 e. The van der Waals surface area contributed by atoms with E-state index in [4.69, 9.17) is 5.11 Å². The molecule has 2 N–H and O–H groups in total. The van der Waals surface area contributed by atoms with Crippen molar-refractivity contribution in [1.82, 2.24) is 0 Å². The molecule has 0 saturated carbocycles. The summed E-state index contributed by atoms with van der Waals surface area (Å²) < 4.78 is 0.998. The second kappa shape index (κ2) is 4.98. The summed E-state index contributed by atoms with van der Waals surface area (Å²) in [7, 11) is 1.89. The lowest BCUT2D eigenvalue weighted by molar-refractivity contribution is 0.0702. The standard InChI is InChI=1S/C16H13NO2S/c1-17-13-5-2-10(3-6-13)11-4-7-14-12(8-11)9-15(20-14)16(18)19/h2-9,17H,1H3,(H,18,19). The maximum Gasteiger partial charge on any atom is 0.345 e. The van der Waals surface area contributed by atoms with Crippen molar-refractivity contribution in [1.29, 1.82) is 0 Å². The van der Waals surface area contributed by atoms with Crippen LogP contribution in [0.4, 0.5) is 5.69 Å². The predicted molar refractivity (Wildman–Crippen MR) is 83.8 cm³/mol. The molecule has 0 radical (unpaired) electrons. The van der Waals surface area contributed by atoms with Crippen LogP contribution >= 0.6 is 11.3 Å². The zero-order valence-electron chi connectivity index (χ0n) is 10.9. The normalized spacial score (nSPS) is 10.7. The molecule has 0 bridgehead atoms. The van der Waals surface area contributed by atoms with E-state index in [1.165, 1.54) is 11.3 Å². The molecule has 1 heterocycles. The molecular weight excluding hydrogens is 270 g/mol. The van der Waals surface area contributed by atoms with E-state index in [1.54, 1.807) is 6.07 Å². The fourth-order valence-electron chi connectivity index (χ4n) is 2.16. The summed E-state index contributed by atoms with van der Waals surface area (Å²) in [4.78, 5) is 11.4. The first-order valence-electron chi connectivity index (χ1n) is 6.22. The summed E-state index contributed by atoms with van der Waals surface area (Å²) in [5.74, 6) is -0.869. The molecule has 0 unspecified atom stereocenters. The lowest BCUT2D eigenvalue weighted by atomic mass is 10.0.